The van der Waals surface area contributed by atoms with Crippen molar-refractivity contribution in [2.24, 2.45) is 17.6 Å². The number of aromatic nitrogens is 1. The predicted octanol–water partition coefficient (Wildman–Crippen LogP) is 1.21. The van der Waals surface area contributed by atoms with Crippen LogP contribution in [0.4, 0.5) is 0 Å². The van der Waals surface area contributed by atoms with E-state index in [1.807, 2.05) is 31.2 Å². The Hall–Kier alpha value is -3.05. The predicted molar refractivity (Wildman–Crippen MR) is 142 cm³/mol. The van der Waals surface area contributed by atoms with Crippen LogP contribution < -0.4 is 21.7 Å². The Morgan fingerprint density at radius 1 is 1.00 bits per heavy atom. The second kappa shape index (κ2) is 13.3. The number of hydrogen-bond donors (Lipinski definition) is 7. The summed E-state index contributed by atoms with van der Waals surface area (Å²) in [5, 5.41) is 18.2. The number of amides is 3. The summed E-state index contributed by atoms with van der Waals surface area (Å²) in [4.78, 5) is 53.6. The number of carbonyl (C=O) groups excluding carboxylic acids is 3. The van der Waals surface area contributed by atoms with E-state index in [4.69, 9.17) is 5.73 Å². The molecule has 3 amide bonds. The average Bonchev–Trinajstić information content (AvgIpc) is 3.26. The molecule has 1 heterocycles. The van der Waals surface area contributed by atoms with Gasteiger partial charge < -0.3 is 31.8 Å². The first-order valence-corrected chi connectivity index (χ1v) is 12.7. The number of aromatic amines is 1. The van der Waals surface area contributed by atoms with Gasteiger partial charge in [-0.3, -0.25) is 14.4 Å². The Morgan fingerprint density at radius 2 is 1.61 bits per heavy atom. The number of fused-ring (bicyclic) bond motifs is 1. The van der Waals surface area contributed by atoms with Gasteiger partial charge in [0.2, 0.25) is 17.7 Å². The van der Waals surface area contributed by atoms with Crippen LogP contribution in [-0.4, -0.2) is 63.7 Å². The van der Waals surface area contributed by atoms with E-state index in [-0.39, 0.29) is 24.0 Å². The summed E-state index contributed by atoms with van der Waals surface area (Å²) < 4.78 is 0. The first-order valence-electron chi connectivity index (χ1n) is 12.0. The Morgan fingerprint density at radius 3 is 2.19 bits per heavy atom. The Bertz CT molecular complexity index is 1070. The molecule has 0 fully saturated rings. The molecule has 0 aliphatic heterocycles. The zero-order valence-electron chi connectivity index (χ0n) is 21.1. The maximum Gasteiger partial charge on any atom is 0.326 e. The van der Waals surface area contributed by atoms with Crippen molar-refractivity contribution in [3.8, 4) is 0 Å². The fraction of sp³-hybridized carbons (Fsp3) is 0.520. The number of benzene rings is 1. The van der Waals surface area contributed by atoms with E-state index in [2.05, 4.69) is 33.6 Å². The van der Waals surface area contributed by atoms with Gasteiger partial charge in [0, 0.05) is 29.3 Å². The van der Waals surface area contributed by atoms with E-state index in [1.165, 1.54) is 0 Å². The topological polar surface area (TPSA) is 166 Å². The summed E-state index contributed by atoms with van der Waals surface area (Å²) in [7, 11) is 0. The first-order chi connectivity index (χ1) is 17.0. The standard InChI is InChI=1S/C25H37N5O5S/c1-5-14(4)21(25(34)35)30-23(32)19(12-36)29-22(31)18(28-24(33)20(26)13(2)3)10-15-11-27-17-9-7-6-8-16(15)17/h6-9,11,13-14,18-21,27,36H,5,10,12,26H2,1-4H3,(H,28,33)(H,29,31)(H,30,32)(H,34,35). The number of thiol groups is 1. The highest BCUT2D eigenvalue weighted by atomic mass is 32.1. The fourth-order valence-electron chi connectivity index (χ4n) is 3.70. The molecule has 11 heteroatoms. The molecular weight excluding hydrogens is 482 g/mol. The number of para-hydroxylation sites is 1. The number of carboxylic acid groups (broad SMARTS) is 1. The van der Waals surface area contributed by atoms with Crippen LogP contribution in [0.1, 0.15) is 39.7 Å². The Labute approximate surface area is 216 Å². The highest BCUT2D eigenvalue weighted by Crippen LogP contribution is 2.19. The Balaban J connectivity index is 2.25. The Kier molecular flexibility index (Phi) is 10.8. The lowest BCUT2D eigenvalue weighted by Crippen LogP contribution is -2.59. The lowest BCUT2D eigenvalue weighted by molar-refractivity contribution is -0.143. The summed E-state index contributed by atoms with van der Waals surface area (Å²) in [6, 6.07) is 3.51. The molecule has 2 rings (SSSR count). The van der Waals surface area contributed by atoms with Gasteiger partial charge in [-0.05, 0) is 23.5 Å². The van der Waals surface area contributed by atoms with Gasteiger partial charge in [0.15, 0.2) is 0 Å². The second-order valence-electron chi connectivity index (χ2n) is 9.35. The SMILES string of the molecule is CCC(C)C(NC(=O)C(CS)NC(=O)C(Cc1c[nH]c2ccccc12)NC(=O)C(N)C(C)C)C(=O)O. The lowest BCUT2D eigenvalue weighted by atomic mass is 9.99. The van der Waals surface area contributed by atoms with Crippen LogP contribution in [0, 0.1) is 11.8 Å². The molecule has 10 nitrogen and oxygen atoms in total. The van der Waals surface area contributed by atoms with E-state index in [1.54, 1.807) is 27.0 Å². The highest BCUT2D eigenvalue weighted by Gasteiger charge is 2.32. The molecule has 5 unspecified atom stereocenters. The number of nitrogens with one attached hydrogen (secondary N) is 4. The van der Waals surface area contributed by atoms with Gasteiger partial charge in [-0.2, -0.15) is 12.6 Å². The van der Waals surface area contributed by atoms with Crippen LogP contribution in [0.5, 0.6) is 0 Å². The zero-order valence-corrected chi connectivity index (χ0v) is 22.0. The molecule has 0 spiro atoms. The molecule has 5 atom stereocenters. The van der Waals surface area contributed by atoms with Crippen molar-refractivity contribution in [1.29, 1.82) is 0 Å². The number of aliphatic carboxylic acids is 1. The molecule has 0 aliphatic carbocycles. The maximum absolute atomic E-state index is 13.3. The van der Waals surface area contributed by atoms with Crippen molar-refractivity contribution in [2.75, 3.05) is 5.75 Å². The van der Waals surface area contributed by atoms with Crippen molar-refractivity contribution in [2.45, 2.75) is 64.7 Å². The molecule has 0 bridgehead atoms. The van der Waals surface area contributed by atoms with Crippen molar-refractivity contribution >= 4 is 47.2 Å². The fourth-order valence-corrected chi connectivity index (χ4v) is 3.96. The smallest absolute Gasteiger partial charge is 0.326 e. The molecule has 2 aromatic rings. The van der Waals surface area contributed by atoms with E-state index >= 15 is 0 Å². The van der Waals surface area contributed by atoms with Crippen molar-refractivity contribution in [1.82, 2.24) is 20.9 Å². The summed E-state index contributed by atoms with van der Waals surface area (Å²) in [5.74, 6) is -3.44. The van der Waals surface area contributed by atoms with Crippen LogP contribution in [0.3, 0.4) is 0 Å². The average molecular weight is 520 g/mol. The van der Waals surface area contributed by atoms with Gasteiger partial charge >= 0.3 is 5.97 Å². The minimum absolute atomic E-state index is 0.0658. The minimum atomic E-state index is -1.16. The van der Waals surface area contributed by atoms with Gasteiger partial charge in [-0.15, -0.1) is 0 Å². The third kappa shape index (κ3) is 7.47. The number of carbonyl (C=O) groups is 4. The summed E-state index contributed by atoms with van der Waals surface area (Å²) in [6.07, 6.45) is 2.47. The van der Waals surface area contributed by atoms with Gasteiger partial charge in [0.25, 0.3) is 0 Å². The van der Waals surface area contributed by atoms with Crippen LogP contribution in [-0.2, 0) is 25.6 Å². The van der Waals surface area contributed by atoms with Crippen LogP contribution in [0.15, 0.2) is 30.5 Å². The summed E-state index contributed by atoms with van der Waals surface area (Å²) in [5.41, 5.74) is 7.68. The molecule has 0 saturated heterocycles. The highest BCUT2D eigenvalue weighted by molar-refractivity contribution is 7.80. The monoisotopic (exact) mass is 519 g/mol. The summed E-state index contributed by atoms with van der Waals surface area (Å²) >= 11 is 4.18. The molecule has 0 radical (unpaired) electrons. The van der Waals surface area contributed by atoms with Gasteiger partial charge in [-0.25, -0.2) is 4.79 Å². The van der Waals surface area contributed by atoms with Crippen LogP contribution in [0.2, 0.25) is 0 Å². The molecule has 0 aliphatic rings. The van der Waals surface area contributed by atoms with Crippen LogP contribution >= 0.6 is 12.6 Å². The van der Waals surface area contributed by atoms with E-state index < -0.39 is 47.9 Å². The van der Waals surface area contributed by atoms with Crippen LogP contribution in [0.25, 0.3) is 10.9 Å². The second-order valence-corrected chi connectivity index (χ2v) is 9.71. The van der Waals surface area contributed by atoms with Gasteiger partial charge in [0.05, 0.1) is 6.04 Å². The number of rotatable bonds is 13. The summed E-state index contributed by atoms with van der Waals surface area (Å²) in [6.45, 7) is 7.15. The quantitative estimate of drug-likeness (QED) is 0.196. The lowest BCUT2D eigenvalue weighted by Gasteiger charge is -2.26. The normalized spacial score (nSPS) is 15.5. The molecule has 1 aromatic carbocycles. The van der Waals surface area contributed by atoms with E-state index in [0.29, 0.717) is 6.42 Å². The molecular formula is C25H37N5O5S. The van der Waals surface area contributed by atoms with Crippen molar-refractivity contribution in [3.05, 3.63) is 36.0 Å². The van der Waals surface area contributed by atoms with E-state index in [9.17, 15) is 24.3 Å². The number of carboxylic acids is 1. The number of nitrogens with two attached hydrogens (primary N) is 1. The minimum Gasteiger partial charge on any atom is -0.480 e. The van der Waals surface area contributed by atoms with E-state index in [0.717, 1.165) is 16.5 Å². The third-order valence-electron chi connectivity index (χ3n) is 6.35. The number of H-pyrrole nitrogens is 1. The van der Waals surface area contributed by atoms with Gasteiger partial charge in [0.1, 0.15) is 18.1 Å². The maximum atomic E-state index is 13.3. The largest absolute Gasteiger partial charge is 0.480 e. The third-order valence-corrected chi connectivity index (χ3v) is 6.71. The number of hydrogen-bond acceptors (Lipinski definition) is 6. The molecule has 198 valence electrons. The zero-order chi connectivity index (χ0) is 27.0. The molecule has 1 aromatic heterocycles. The van der Waals surface area contributed by atoms with Crippen molar-refractivity contribution < 1.29 is 24.3 Å². The van der Waals surface area contributed by atoms with Crippen molar-refractivity contribution in [3.63, 3.8) is 0 Å². The molecule has 7 N–H and O–H groups in total. The molecule has 36 heavy (non-hydrogen) atoms. The molecule has 0 saturated carbocycles. The first kappa shape index (κ1) is 29.2. The van der Waals surface area contributed by atoms with Gasteiger partial charge in [-0.1, -0.05) is 52.3 Å².